The van der Waals surface area contributed by atoms with E-state index >= 15 is 0 Å². The molecule has 0 amide bonds. The molecule has 1 fully saturated rings. The minimum Gasteiger partial charge on any atom is -0.379 e. The number of non-ortho nitro benzene ring substituents is 1. The smallest absolute Gasteiger partial charge is 0.270 e. The van der Waals surface area contributed by atoms with Gasteiger partial charge < -0.3 is 4.74 Å². The molecule has 11 heteroatoms. The van der Waals surface area contributed by atoms with Crippen LogP contribution in [-0.2, 0) is 14.8 Å². The lowest BCUT2D eigenvalue weighted by molar-refractivity contribution is -0.385. The molecule has 1 aromatic rings. The number of halogens is 1. The van der Waals surface area contributed by atoms with Crippen LogP contribution in [0.2, 0.25) is 0 Å². The van der Waals surface area contributed by atoms with Crippen LogP contribution in [0.5, 0.6) is 0 Å². The van der Waals surface area contributed by atoms with E-state index in [1.165, 1.54) is 17.0 Å². The van der Waals surface area contributed by atoms with Gasteiger partial charge in [0.15, 0.2) is 0 Å². The molecule has 9 nitrogen and oxygen atoms in total. The van der Waals surface area contributed by atoms with Crippen molar-refractivity contribution in [3.63, 3.8) is 0 Å². The fourth-order valence-electron chi connectivity index (χ4n) is 2.63. The predicted molar refractivity (Wildman–Crippen MR) is 106 cm³/mol. The van der Waals surface area contributed by atoms with Gasteiger partial charge in [-0.3, -0.25) is 19.9 Å². The highest BCUT2D eigenvalue weighted by Crippen LogP contribution is 2.29. The molecule has 0 bridgehead atoms. The van der Waals surface area contributed by atoms with Crippen LogP contribution in [0.25, 0.3) is 0 Å². The first-order valence-corrected chi connectivity index (χ1v) is 10.9. The Morgan fingerprint density at radius 3 is 2.70 bits per heavy atom. The molecule has 1 N–H and O–H groups in total. The molecular formula is C16H21BrN4O5S. The van der Waals surface area contributed by atoms with Crippen molar-refractivity contribution in [2.75, 3.05) is 56.2 Å². The van der Waals surface area contributed by atoms with Gasteiger partial charge in [-0.2, -0.15) is 0 Å². The van der Waals surface area contributed by atoms with Crippen LogP contribution in [0.15, 0.2) is 23.1 Å². The van der Waals surface area contributed by atoms with Gasteiger partial charge in [-0.15, -0.1) is 0 Å². The van der Waals surface area contributed by atoms with E-state index in [1.54, 1.807) is 0 Å². The molecule has 1 saturated heterocycles. The number of rotatable bonds is 9. The first-order chi connectivity index (χ1) is 12.9. The van der Waals surface area contributed by atoms with Gasteiger partial charge in [0.25, 0.3) is 5.69 Å². The molecule has 0 saturated carbocycles. The fraction of sp³-hybridized carbons (Fsp3) is 0.500. The first kappa shape index (κ1) is 21.6. The molecule has 1 aliphatic rings. The number of sulfonamides is 1. The maximum atomic E-state index is 12.8. The summed E-state index contributed by atoms with van der Waals surface area (Å²) >= 11 is 3.26. The van der Waals surface area contributed by atoms with Crippen LogP contribution in [0.4, 0.5) is 11.4 Å². The summed E-state index contributed by atoms with van der Waals surface area (Å²) in [4.78, 5) is 13.7. The Morgan fingerprint density at radius 1 is 1.41 bits per heavy atom. The molecule has 148 valence electrons. The van der Waals surface area contributed by atoms with E-state index in [9.17, 15) is 18.5 Å². The molecule has 1 heterocycles. The average Bonchev–Trinajstić information content (AvgIpc) is 2.66. The molecule has 0 spiro atoms. The van der Waals surface area contributed by atoms with Crippen LogP contribution >= 0.6 is 15.9 Å². The largest absolute Gasteiger partial charge is 0.379 e. The summed E-state index contributed by atoms with van der Waals surface area (Å²) < 4.78 is 33.4. The number of terminal acetylenes is 1. The minimum absolute atomic E-state index is 0.180. The Hall–Kier alpha value is -1.71. The Balaban J connectivity index is 2.24. The van der Waals surface area contributed by atoms with Crippen molar-refractivity contribution < 1.29 is 18.1 Å². The fourth-order valence-corrected chi connectivity index (χ4v) is 4.23. The SMILES string of the molecule is C#CN(CCBr)c1ccc([N+](=O)[O-])cc1S(=O)(=O)NCCN1CCOCC1. The highest BCUT2D eigenvalue weighted by molar-refractivity contribution is 9.09. The number of alkyl halides is 1. The van der Waals surface area contributed by atoms with Crippen LogP contribution < -0.4 is 9.62 Å². The van der Waals surface area contributed by atoms with Crippen molar-refractivity contribution in [1.29, 1.82) is 0 Å². The van der Waals surface area contributed by atoms with Gasteiger partial charge in [0.05, 0.1) is 23.8 Å². The Morgan fingerprint density at radius 2 is 2.11 bits per heavy atom. The van der Waals surface area contributed by atoms with Gasteiger partial charge in [-0.1, -0.05) is 22.4 Å². The normalized spacial score (nSPS) is 15.3. The van der Waals surface area contributed by atoms with Crippen molar-refractivity contribution in [2.45, 2.75) is 4.90 Å². The number of hydrogen-bond acceptors (Lipinski definition) is 7. The van der Waals surface area contributed by atoms with E-state index in [4.69, 9.17) is 11.2 Å². The summed E-state index contributed by atoms with van der Waals surface area (Å²) in [5.41, 5.74) is -0.0930. The third kappa shape index (κ3) is 5.88. The van der Waals surface area contributed by atoms with Gasteiger partial charge in [0, 0.05) is 56.2 Å². The minimum atomic E-state index is -3.99. The van der Waals surface area contributed by atoms with Crippen LogP contribution in [0, 0.1) is 22.6 Å². The Bertz CT molecular complexity index is 806. The monoisotopic (exact) mass is 460 g/mol. The highest BCUT2D eigenvalue weighted by atomic mass is 79.9. The highest BCUT2D eigenvalue weighted by Gasteiger charge is 2.25. The summed E-state index contributed by atoms with van der Waals surface area (Å²) in [6.45, 7) is 3.76. The number of nitro groups is 1. The summed E-state index contributed by atoms with van der Waals surface area (Å²) in [6, 6.07) is 6.04. The summed E-state index contributed by atoms with van der Waals surface area (Å²) in [7, 11) is -3.99. The van der Waals surface area contributed by atoms with E-state index in [2.05, 4.69) is 31.6 Å². The zero-order valence-corrected chi connectivity index (χ0v) is 17.0. The number of ether oxygens (including phenoxy) is 1. The second-order valence-corrected chi connectivity index (χ2v) is 8.26. The lowest BCUT2D eigenvalue weighted by atomic mass is 10.2. The van der Waals surface area contributed by atoms with Crippen LogP contribution in [0.1, 0.15) is 0 Å². The molecule has 0 radical (unpaired) electrons. The lowest BCUT2D eigenvalue weighted by Gasteiger charge is -2.26. The molecule has 1 aromatic carbocycles. The zero-order valence-electron chi connectivity index (χ0n) is 14.6. The number of hydrogen-bond donors (Lipinski definition) is 1. The maximum Gasteiger partial charge on any atom is 0.270 e. The third-order valence-electron chi connectivity index (χ3n) is 4.02. The van der Waals surface area contributed by atoms with Gasteiger partial charge in [0.2, 0.25) is 10.0 Å². The zero-order chi connectivity index (χ0) is 19.9. The standard InChI is InChI=1S/C16H21BrN4O5S/c1-2-20(7-5-17)15-4-3-14(21(22)23)13-16(15)27(24,25)18-6-8-19-9-11-26-12-10-19/h1,3-4,13,18H,5-12H2. The van der Waals surface area contributed by atoms with Crippen molar-refractivity contribution in [1.82, 2.24) is 9.62 Å². The molecule has 0 atom stereocenters. The van der Waals surface area contributed by atoms with Gasteiger partial charge in [-0.05, 0) is 6.07 Å². The number of anilines is 1. The number of benzene rings is 1. The van der Waals surface area contributed by atoms with Gasteiger partial charge in [0.1, 0.15) is 4.90 Å². The van der Waals surface area contributed by atoms with E-state index in [-0.39, 0.29) is 22.8 Å². The third-order valence-corrected chi connectivity index (χ3v) is 5.87. The topological polar surface area (TPSA) is 105 Å². The van der Waals surface area contributed by atoms with Gasteiger partial charge >= 0.3 is 0 Å². The van der Waals surface area contributed by atoms with Crippen molar-refractivity contribution in [3.8, 4) is 12.5 Å². The molecule has 2 rings (SSSR count). The van der Waals surface area contributed by atoms with Crippen LogP contribution in [-0.4, -0.2) is 69.5 Å². The molecular weight excluding hydrogens is 440 g/mol. The average molecular weight is 461 g/mol. The second kappa shape index (κ2) is 10.0. The van der Waals surface area contributed by atoms with E-state index in [0.29, 0.717) is 31.6 Å². The number of morpholine rings is 1. The van der Waals surface area contributed by atoms with Crippen LogP contribution in [0.3, 0.4) is 0 Å². The summed E-state index contributed by atoms with van der Waals surface area (Å²) in [5.74, 6) is 0. The van der Waals surface area contributed by atoms with E-state index < -0.39 is 14.9 Å². The summed E-state index contributed by atoms with van der Waals surface area (Å²) in [6.07, 6.45) is 5.49. The first-order valence-electron chi connectivity index (χ1n) is 8.27. The lowest BCUT2D eigenvalue weighted by Crippen LogP contribution is -2.41. The molecule has 0 unspecified atom stereocenters. The quantitative estimate of drug-likeness (QED) is 0.192. The van der Waals surface area contributed by atoms with Crippen molar-refractivity contribution >= 4 is 37.3 Å². The number of nitro benzene ring substituents is 1. The molecule has 1 aliphatic heterocycles. The molecule has 0 aliphatic carbocycles. The van der Waals surface area contributed by atoms with Gasteiger partial charge in [-0.25, -0.2) is 13.1 Å². The second-order valence-electron chi connectivity index (χ2n) is 5.73. The number of nitrogens with zero attached hydrogens (tertiary/aromatic N) is 3. The number of nitrogens with one attached hydrogen (secondary N) is 1. The van der Waals surface area contributed by atoms with E-state index in [1.807, 2.05) is 0 Å². The Kier molecular flexibility index (Phi) is 8.00. The van der Waals surface area contributed by atoms with Crippen molar-refractivity contribution in [3.05, 3.63) is 28.3 Å². The summed E-state index contributed by atoms with van der Waals surface area (Å²) in [5, 5.41) is 11.6. The maximum absolute atomic E-state index is 12.8. The molecule has 0 aromatic heterocycles. The predicted octanol–water partition coefficient (Wildman–Crippen LogP) is 0.997. The van der Waals surface area contributed by atoms with Crippen molar-refractivity contribution in [2.24, 2.45) is 0 Å². The Labute approximate surface area is 167 Å². The van der Waals surface area contributed by atoms with E-state index in [0.717, 1.165) is 19.2 Å². The molecule has 27 heavy (non-hydrogen) atoms.